The molecule has 0 amide bonds. The fourth-order valence-corrected chi connectivity index (χ4v) is 3.04. The summed E-state index contributed by atoms with van der Waals surface area (Å²) < 4.78 is 4.85. The van der Waals surface area contributed by atoms with E-state index in [1.54, 1.807) is 14.0 Å². The number of likely N-dealkylation sites (N-methyl/N-ethyl adjacent to an activating group) is 1. The van der Waals surface area contributed by atoms with Gasteiger partial charge < -0.3 is 9.84 Å². The van der Waals surface area contributed by atoms with Crippen LogP contribution in [-0.2, 0) is 14.3 Å². The first-order valence-electron chi connectivity index (χ1n) is 6.51. The monoisotopic (exact) mass is 277 g/mol. The molecule has 0 aromatic heterocycles. The minimum atomic E-state index is -0.918. The van der Waals surface area contributed by atoms with Gasteiger partial charge in [-0.15, -0.1) is 0 Å². The molecule has 3 atom stereocenters. The van der Waals surface area contributed by atoms with Gasteiger partial charge in [0, 0.05) is 6.04 Å². The van der Waals surface area contributed by atoms with E-state index >= 15 is 0 Å². The Morgan fingerprint density at radius 1 is 1.35 bits per heavy atom. The Kier molecular flexibility index (Phi) is 3.81. The van der Waals surface area contributed by atoms with Crippen molar-refractivity contribution >= 4 is 11.9 Å². The molecule has 0 radical (unpaired) electrons. The van der Waals surface area contributed by atoms with Gasteiger partial charge in [-0.2, -0.15) is 0 Å². The number of hydrogen-bond acceptors (Lipinski definition) is 4. The Morgan fingerprint density at radius 3 is 2.45 bits per heavy atom. The van der Waals surface area contributed by atoms with E-state index in [9.17, 15) is 14.7 Å². The van der Waals surface area contributed by atoms with Crippen LogP contribution in [0.3, 0.4) is 0 Å². The molecule has 5 nitrogen and oxygen atoms in total. The Labute approximate surface area is 118 Å². The molecule has 108 valence electrons. The maximum atomic E-state index is 12.0. The predicted molar refractivity (Wildman–Crippen MR) is 73.1 cm³/mol. The van der Waals surface area contributed by atoms with Crippen LogP contribution in [0.1, 0.15) is 24.9 Å². The van der Waals surface area contributed by atoms with Crippen LogP contribution in [0, 0.1) is 5.92 Å². The fraction of sp³-hybridized carbons (Fsp3) is 0.467. The number of rotatable bonds is 3. The molecule has 1 aromatic carbocycles. The number of esters is 1. The summed E-state index contributed by atoms with van der Waals surface area (Å²) in [6, 6.07) is 9.07. The maximum absolute atomic E-state index is 12.0. The zero-order valence-corrected chi connectivity index (χ0v) is 11.9. The number of nitrogens with zero attached hydrogens (tertiary/aromatic N) is 1. The number of benzene rings is 1. The summed E-state index contributed by atoms with van der Waals surface area (Å²) >= 11 is 0. The predicted octanol–water partition coefficient (Wildman–Crippen LogP) is 1.70. The molecular weight excluding hydrogens is 258 g/mol. The maximum Gasteiger partial charge on any atom is 0.326 e. The van der Waals surface area contributed by atoms with Crippen LogP contribution < -0.4 is 0 Å². The highest BCUT2D eigenvalue weighted by Gasteiger charge is 2.54. The molecular formula is C15H19NO4. The molecule has 20 heavy (non-hydrogen) atoms. The number of ether oxygens (including phenoxy) is 1. The van der Waals surface area contributed by atoms with Gasteiger partial charge in [0.1, 0.15) is 5.54 Å². The van der Waals surface area contributed by atoms with Gasteiger partial charge in [0.2, 0.25) is 0 Å². The summed E-state index contributed by atoms with van der Waals surface area (Å²) in [5.41, 5.74) is -0.0202. The Balaban J connectivity index is 2.44. The van der Waals surface area contributed by atoms with Crippen LogP contribution in [0.15, 0.2) is 30.3 Å². The minimum absolute atomic E-state index is 0.241. The van der Waals surface area contributed by atoms with E-state index in [0.717, 1.165) is 5.56 Å². The van der Waals surface area contributed by atoms with Crippen molar-refractivity contribution in [2.75, 3.05) is 14.2 Å². The molecule has 1 aromatic rings. The van der Waals surface area contributed by atoms with Gasteiger partial charge in [-0.05, 0) is 26.0 Å². The second kappa shape index (κ2) is 5.25. The number of carbonyl (C=O) groups excluding carboxylic acids is 1. The van der Waals surface area contributed by atoms with E-state index in [2.05, 4.69) is 0 Å². The zero-order valence-electron chi connectivity index (χ0n) is 11.9. The lowest BCUT2D eigenvalue weighted by Crippen LogP contribution is -2.47. The van der Waals surface area contributed by atoms with Gasteiger partial charge in [-0.3, -0.25) is 14.5 Å². The molecule has 1 fully saturated rings. The number of carboxylic acid groups (broad SMARTS) is 1. The third-order valence-corrected chi connectivity index (χ3v) is 4.28. The summed E-state index contributed by atoms with van der Waals surface area (Å²) in [6.45, 7) is 1.73. The van der Waals surface area contributed by atoms with Crippen LogP contribution in [0.25, 0.3) is 0 Å². The van der Waals surface area contributed by atoms with Gasteiger partial charge >= 0.3 is 11.9 Å². The van der Waals surface area contributed by atoms with Gasteiger partial charge in [0.15, 0.2) is 0 Å². The van der Waals surface area contributed by atoms with E-state index < -0.39 is 23.4 Å². The van der Waals surface area contributed by atoms with Gasteiger partial charge in [0.05, 0.1) is 13.0 Å². The van der Waals surface area contributed by atoms with Gasteiger partial charge in [0.25, 0.3) is 0 Å². The molecule has 0 bridgehead atoms. The zero-order chi connectivity index (χ0) is 14.9. The highest BCUT2D eigenvalue weighted by Crippen LogP contribution is 2.46. The number of hydrogen-bond donors (Lipinski definition) is 1. The lowest BCUT2D eigenvalue weighted by molar-refractivity contribution is -0.152. The molecule has 1 heterocycles. The molecule has 0 aliphatic carbocycles. The molecule has 1 aliphatic heterocycles. The second-order valence-electron chi connectivity index (χ2n) is 5.38. The summed E-state index contributed by atoms with van der Waals surface area (Å²) in [5.74, 6) is -1.92. The Morgan fingerprint density at radius 2 is 1.95 bits per heavy atom. The molecule has 0 unspecified atom stereocenters. The first kappa shape index (κ1) is 14.5. The third-order valence-electron chi connectivity index (χ3n) is 4.28. The van der Waals surface area contributed by atoms with E-state index in [-0.39, 0.29) is 12.5 Å². The van der Waals surface area contributed by atoms with E-state index in [1.165, 1.54) is 7.11 Å². The van der Waals surface area contributed by atoms with Crippen molar-refractivity contribution in [3.8, 4) is 0 Å². The van der Waals surface area contributed by atoms with Crippen molar-refractivity contribution in [1.82, 2.24) is 4.90 Å². The molecule has 5 heteroatoms. The van der Waals surface area contributed by atoms with Crippen molar-refractivity contribution in [3.63, 3.8) is 0 Å². The minimum Gasteiger partial charge on any atom is -0.481 e. The van der Waals surface area contributed by atoms with Crippen molar-refractivity contribution in [2.45, 2.75) is 24.9 Å². The van der Waals surface area contributed by atoms with E-state index in [1.807, 2.05) is 35.2 Å². The van der Waals surface area contributed by atoms with Crippen LogP contribution in [0.5, 0.6) is 0 Å². The number of carboxylic acids is 1. The lowest BCUT2D eigenvalue weighted by Gasteiger charge is -2.32. The summed E-state index contributed by atoms with van der Waals surface area (Å²) in [4.78, 5) is 25.4. The molecule has 1 saturated heterocycles. The summed E-state index contributed by atoms with van der Waals surface area (Å²) in [5, 5.41) is 9.47. The lowest BCUT2D eigenvalue weighted by atomic mass is 9.90. The quantitative estimate of drug-likeness (QED) is 0.852. The van der Waals surface area contributed by atoms with Gasteiger partial charge in [-0.25, -0.2) is 0 Å². The first-order chi connectivity index (χ1) is 9.41. The van der Waals surface area contributed by atoms with Crippen LogP contribution >= 0.6 is 0 Å². The van der Waals surface area contributed by atoms with Crippen LogP contribution in [-0.4, -0.2) is 41.6 Å². The molecule has 0 saturated carbocycles. The highest BCUT2D eigenvalue weighted by molar-refractivity contribution is 5.83. The number of carbonyl (C=O) groups is 2. The van der Waals surface area contributed by atoms with Crippen LogP contribution in [0.4, 0.5) is 0 Å². The van der Waals surface area contributed by atoms with Crippen molar-refractivity contribution in [2.24, 2.45) is 5.92 Å². The average molecular weight is 277 g/mol. The van der Waals surface area contributed by atoms with Crippen molar-refractivity contribution < 1.29 is 19.4 Å². The molecule has 1 aliphatic rings. The highest BCUT2D eigenvalue weighted by atomic mass is 16.5. The second-order valence-corrected chi connectivity index (χ2v) is 5.38. The summed E-state index contributed by atoms with van der Waals surface area (Å²) in [6.07, 6.45) is 0.241. The standard InChI is InChI=1S/C15H19NO4/c1-15(14(19)20-3)9-11(13(17)18)12(16(15)2)10-7-5-4-6-8-10/h4-8,11-12H,9H2,1-3H3,(H,17,18)/t11-,12-,15-/m1/s1. The number of methoxy groups -OCH3 is 1. The van der Waals surface area contributed by atoms with E-state index in [4.69, 9.17) is 4.74 Å². The molecule has 0 spiro atoms. The summed E-state index contributed by atoms with van der Waals surface area (Å²) in [7, 11) is 3.10. The van der Waals surface area contributed by atoms with E-state index in [0.29, 0.717) is 0 Å². The van der Waals surface area contributed by atoms with Gasteiger partial charge in [-0.1, -0.05) is 30.3 Å². The Hall–Kier alpha value is -1.88. The SMILES string of the molecule is COC(=O)[C@@]1(C)C[C@@H](C(=O)O)[C@@H](c2ccccc2)N1C. The number of aliphatic carboxylic acids is 1. The Bertz CT molecular complexity index is 516. The van der Waals surface area contributed by atoms with Crippen LogP contribution in [0.2, 0.25) is 0 Å². The smallest absolute Gasteiger partial charge is 0.326 e. The molecule has 2 rings (SSSR count). The topological polar surface area (TPSA) is 66.8 Å². The normalized spacial score (nSPS) is 30.1. The fourth-order valence-electron chi connectivity index (χ4n) is 3.04. The largest absolute Gasteiger partial charge is 0.481 e. The number of likely N-dealkylation sites (tertiary alicyclic amines) is 1. The third kappa shape index (κ3) is 2.18. The van der Waals surface area contributed by atoms with Crippen molar-refractivity contribution in [3.05, 3.63) is 35.9 Å². The van der Waals surface area contributed by atoms with Crippen molar-refractivity contribution in [1.29, 1.82) is 0 Å². The average Bonchev–Trinajstić information content (AvgIpc) is 2.73. The molecule has 1 N–H and O–H groups in total. The first-order valence-corrected chi connectivity index (χ1v) is 6.51.